The smallest absolute Gasteiger partial charge is 0.255 e. The zero-order valence-electron chi connectivity index (χ0n) is 20.7. The molecule has 2 saturated heterocycles. The highest BCUT2D eigenvalue weighted by molar-refractivity contribution is 6.06. The largest absolute Gasteiger partial charge is 0.366 e. The summed E-state index contributed by atoms with van der Waals surface area (Å²) in [5, 5.41) is 15.6. The number of nitriles is 1. The highest BCUT2D eigenvalue weighted by atomic mass is 16.2. The molecule has 3 amide bonds. The van der Waals surface area contributed by atoms with Gasteiger partial charge >= 0.3 is 0 Å². The van der Waals surface area contributed by atoms with E-state index in [1.807, 2.05) is 13.8 Å². The lowest BCUT2D eigenvalue weighted by Crippen LogP contribution is -2.52. The molecule has 2 aromatic heterocycles. The van der Waals surface area contributed by atoms with Gasteiger partial charge < -0.3 is 25.4 Å². The van der Waals surface area contributed by atoms with Gasteiger partial charge in [-0.3, -0.25) is 14.4 Å². The highest BCUT2D eigenvalue weighted by Crippen LogP contribution is 2.22. The van der Waals surface area contributed by atoms with Gasteiger partial charge in [-0.2, -0.15) is 5.26 Å². The number of aromatic amines is 1. The summed E-state index contributed by atoms with van der Waals surface area (Å²) in [6.07, 6.45) is 7.43. The summed E-state index contributed by atoms with van der Waals surface area (Å²) in [7, 11) is 0. The molecule has 0 bridgehead atoms. The summed E-state index contributed by atoms with van der Waals surface area (Å²) < 4.78 is 0. The number of nitrogens with zero attached hydrogens (tertiary/aromatic N) is 5. The third-order valence-electron chi connectivity index (χ3n) is 6.86. The lowest BCUT2D eigenvalue weighted by Gasteiger charge is -2.31. The summed E-state index contributed by atoms with van der Waals surface area (Å²) in [5.74, 6) is -0.354. The average Bonchev–Trinajstić information content (AvgIpc) is 3.53. The maximum atomic E-state index is 13.2. The van der Waals surface area contributed by atoms with Crippen molar-refractivity contribution in [3.63, 3.8) is 0 Å². The maximum Gasteiger partial charge on any atom is 0.255 e. The van der Waals surface area contributed by atoms with E-state index in [-0.39, 0.29) is 23.8 Å². The van der Waals surface area contributed by atoms with Crippen LogP contribution >= 0.6 is 0 Å². The van der Waals surface area contributed by atoms with E-state index in [0.29, 0.717) is 48.6 Å². The minimum Gasteiger partial charge on any atom is -0.366 e. The predicted octanol–water partition coefficient (Wildman–Crippen LogP) is 1.82. The third-order valence-corrected chi connectivity index (χ3v) is 6.86. The van der Waals surface area contributed by atoms with Crippen LogP contribution in [0.2, 0.25) is 0 Å². The Labute approximate surface area is 209 Å². The van der Waals surface area contributed by atoms with E-state index in [1.54, 1.807) is 22.2 Å². The molecule has 0 aliphatic carbocycles. The van der Waals surface area contributed by atoms with E-state index < -0.39 is 18.0 Å². The molecule has 0 aromatic carbocycles. The Morgan fingerprint density at radius 3 is 2.67 bits per heavy atom. The first-order chi connectivity index (χ1) is 17.3. The summed E-state index contributed by atoms with van der Waals surface area (Å²) in [4.78, 5) is 53.5. The van der Waals surface area contributed by atoms with Crippen molar-refractivity contribution in [1.29, 1.82) is 5.26 Å². The van der Waals surface area contributed by atoms with Crippen LogP contribution in [0.25, 0.3) is 11.2 Å². The van der Waals surface area contributed by atoms with Gasteiger partial charge in [0.25, 0.3) is 5.91 Å². The fraction of sp³-hybridized carbons (Fsp3) is 0.520. The Bertz CT molecular complexity index is 1190. The van der Waals surface area contributed by atoms with Crippen LogP contribution in [0.4, 0.5) is 5.82 Å². The molecule has 2 aliphatic rings. The second-order valence-corrected chi connectivity index (χ2v) is 9.62. The number of amides is 3. The van der Waals surface area contributed by atoms with Crippen molar-refractivity contribution in [3.05, 3.63) is 30.6 Å². The van der Waals surface area contributed by atoms with Gasteiger partial charge in [-0.15, -0.1) is 0 Å². The van der Waals surface area contributed by atoms with Gasteiger partial charge in [0.05, 0.1) is 17.8 Å². The lowest BCUT2D eigenvalue weighted by molar-refractivity contribution is -0.134. The maximum absolute atomic E-state index is 13.2. The number of nitrogens with one attached hydrogen (secondary N) is 3. The summed E-state index contributed by atoms with van der Waals surface area (Å²) in [6.45, 7) is 9.05. The molecular weight excluding hydrogens is 460 g/mol. The monoisotopic (exact) mass is 492 g/mol. The SMILES string of the molecule is C=CC(=O)N1CCC(Nc2cnc3[nH]cc(C(=O)NC(C(=O)N4CCCC4C#N)C(C)C)c3n2)CC1. The molecular formula is C25H32N8O3. The van der Waals surface area contributed by atoms with Crippen LogP contribution in [-0.4, -0.2) is 80.2 Å². The van der Waals surface area contributed by atoms with Gasteiger partial charge in [0.15, 0.2) is 5.65 Å². The van der Waals surface area contributed by atoms with E-state index >= 15 is 0 Å². The van der Waals surface area contributed by atoms with Gasteiger partial charge in [0, 0.05) is 31.9 Å². The van der Waals surface area contributed by atoms with Gasteiger partial charge in [0.2, 0.25) is 11.8 Å². The molecule has 2 atom stereocenters. The zero-order valence-corrected chi connectivity index (χ0v) is 20.7. The zero-order chi connectivity index (χ0) is 25.8. The molecule has 2 aliphatic heterocycles. The average molecular weight is 493 g/mol. The second kappa shape index (κ2) is 10.8. The Hall–Kier alpha value is -3.94. The van der Waals surface area contributed by atoms with Crippen molar-refractivity contribution >= 4 is 34.7 Å². The van der Waals surface area contributed by atoms with Crippen LogP contribution in [0.3, 0.4) is 0 Å². The number of hydrogen-bond acceptors (Lipinski definition) is 7. The fourth-order valence-corrected chi connectivity index (χ4v) is 4.79. The molecule has 2 fully saturated rings. The van der Waals surface area contributed by atoms with Crippen LogP contribution in [0.5, 0.6) is 0 Å². The molecule has 2 aromatic rings. The van der Waals surface area contributed by atoms with Crippen LogP contribution < -0.4 is 10.6 Å². The first-order valence-electron chi connectivity index (χ1n) is 12.3. The molecule has 0 saturated carbocycles. The van der Waals surface area contributed by atoms with Gasteiger partial charge in [-0.05, 0) is 37.7 Å². The van der Waals surface area contributed by atoms with E-state index in [9.17, 15) is 19.6 Å². The van der Waals surface area contributed by atoms with Crippen molar-refractivity contribution in [1.82, 2.24) is 30.1 Å². The number of aromatic nitrogens is 3. The van der Waals surface area contributed by atoms with Gasteiger partial charge in [0.1, 0.15) is 23.4 Å². The normalized spacial score (nSPS) is 19.2. The molecule has 11 heteroatoms. The Balaban J connectivity index is 1.46. The minimum absolute atomic E-state index is 0.0660. The molecule has 0 radical (unpaired) electrons. The number of carbonyl (C=O) groups excluding carboxylic acids is 3. The number of fused-ring (bicyclic) bond motifs is 1. The molecule has 4 heterocycles. The van der Waals surface area contributed by atoms with Crippen molar-refractivity contribution in [2.75, 3.05) is 25.0 Å². The van der Waals surface area contributed by atoms with Crippen molar-refractivity contribution in [2.45, 2.75) is 57.7 Å². The molecule has 190 valence electrons. The predicted molar refractivity (Wildman–Crippen MR) is 134 cm³/mol. The minimum atomic E-state index is -0.755. The molecule has 2 unspecified atom stereocenters. The van der Waals surface area contributed by atoms with Crippen molar-refractivity contribution in [3.8, 4) is 6.07 Å². The van der Waals surface area contributed by atoms with Gasteiger partial charge in [-0.25, -0.2) is 9.97 Å². The first kappa shape index (κ1) is 25.2. The van der Waals surface area contributed by atoms with Crippen molar-refractivity contribution in [2.24, 2.45) is 5.92 Å². The molecule has 0 spiro atoms. The molecule has 4 rings (SSSR count). The van der Waals surface area contributed by atoms with E-state index in [1.165, 1.54) is 6.08 Å². The number of carbonyl (C=O) groups is 3. The summed E-state index contributed by atoms with van der Waals surface area (Å²) in [6, 6.07) is 1.10. The molecule has 36 heavy (non-hydrogen) atoms. The standard InChI is InChI=1S/C25H32N8O3/c1-4-20(34)32-10-7-16(8-11-32)29-19-14-28-23-22(30-19)18(13-27-23)24(35)31-21(15(2)3)25(36)33-9-5-6-17(33)12-26/h4,13-17,21H,1,5-11H2,2-3H3,(H,27,28)(H,29,30)(H,31,35). The highest BCUT2D eigenvalue weighted by Gasteiger charge is 2.35. The molecule has 3 N–H and O–H groups in total. The van der Waals surface area contributed by atoms with Crippen LogP contribution in [0.15, 0.2) is 25.0 Å². The van der Waals surface area contributed by atoms with Crippen LogP contribution in [0, 0.1) is 17.2 Å². The van der Waals surface area contributed by atoms with E-state index in [2.05, 4.69) is 38.2 Å². The number of likely N-dealkylation sites (tertiary alicyclic amines) is 2. The third kappa shape index (κ3) is 5.17. The Morgan fingerprint density at radius 2 is 2.00 bits per heavy atom. The first-order valence-corrected chi connectivity index (χ1v) is 12.3. The number of H-pyrrole nitrogens is 1. The Kier molecular flexibility index (Phi) is 7.52. The topological polar surface area (TPSA) is 147 Å². The number of piperidine rings is 1. The summed E-state index contributed by atoms with van der Waals surface area (Å²) >= 11 is 0. The fourth-order valence-electron chi connectivity index (χ4n) is 4.79. The summed E-state index contributed by atoms with van der Waals surface area (Å²) in [5.41, 5.74) is 1.17. The van der Waals surface area contributed by atoms with Gasteiger partial charge in [-0.1, -0.05) is 20.4 Å². The Morgan fingerprint density at radius 1 is 1.25 bits per heavy atom. The lowest BCUT2D eigenvalue weighted by atomic mass is 10.0. The van der Waals surface area contributed by atoms with E-state index in [4.69, 9.17) is 0 Å². The molecule has 11 nitrogen and oxygen atoms in total. The van der Waals surface area contributed by atoms with Crippen LogP contribution in [-0.2, 0) is 9.59 Å². The number of hydrogen-bond donors (Lipinski definition) is 3. The number of anilines is 1. The van der Waals surface area contributed by atoms with Crippen molar-refractivity contribution < 1.29 is 14.4 Å². The number of rotatable bonds is 7. The quantitative estimate of drug-likeness (QED) is 0.500. The van der Waals surface area contributed by atoms with E-state index in [0.717, 1.165) is 19.3 Å². The second-order valence-electron chi connectivity index (χ2n) is 9.62. The van der Waals surface area contributed by atoms with Crippen LogP contribution in [0.1, 0.15) is 49.9 Å².